The number of halogens is 2. The van der Waals surface area contributed by atoms with Gasteiger partial charge in [-0.1, -0.05) is 73.3 Å². The van der Waals surface area contributed by atoms with Crippen LogP contribution in [0.4, 0.5) is 0 Å². The summed E-state index contributed by atoms with van der Waals surface area (Å²) < 4.78 is 11.8. The van der Waals surface area contributed by atoms with Gasteiger partial charge in [-0.2, -0.15) is 0 Å². The molecule has 3 rings (SSSR count). The van der Waals surface area contributed by atoms with Crippen LogP contribution in [0.2, 0.25) is 0 Å². The van der Waals surface area contributed by atoms with E-state index in [1.165, 1.54) is 0 Å². The summed E-state index contributed by atoms with van der Waals surface area (Å²) in [6.45, 7) is 5.64. The molecule has 0 aliphatic heterocycles. The number of terminal acetylenes is 1. The molecule has 2 aromatic rings. The van der Waals surface area contributed by atoms with E-state index in [1.807, 2.05) is 62.4 Å². The number of hydrogen-bond acceptors (Lipinski definition) is 3. The fraction of sp³-hybridized carbons (Fsp3) is 0.292. The fourth-order valence-electron chi connectivity index (χ4n) is 3.49. The average Bonchev–Trinajstić information content (AvgIpc) is 3.22. The van der Waals surface area contributed by atoms with Gasteiger partial charge in [0.05, 0.1) is 5.92 Å². The molecule has 0 radical (unpaired) electrons. The normalized spacial score (nSPS) is 21.2. The molecule has 1 aliphatic rings. The lowest BCUT2D eigenvalue weighted by Gasteiger charge is -2.25. The SMILES string of the molecule is C#CC(C)(OC(=O)C1C(C=C(Cl)Cl)C1(C)C)c1cccc(Oc2ccccc2)c1. The lowest BCUT2D eigenvalue weighted by Crippen LogP contribution is -2.29. The van der Waals surface area contributed by atoms with Crippen LogP contribution in [0.1, 0.15) is 26.3 Å². The fourth-order valence-corrected chi connectivity index (χ4v) is 3.76. The van der Waals surface area contributed by atoms with E-state index in [0.29, 0.717) is 17.1 Å². The molecule has 1 saturated carbocycles. The minimum absolute atomic E-state index is 0.0882. The highest BCUT2D eigenvalue weighted by atomic mass is 35.5. The van der Waals surface area contributed by atoms with Crippen LogP contribution >= 0.6 is 23.2 Å². The Bertz CT molecular complexity index is 971. The first kappa shape index (κ1) is 21.3. The summed E-state index contributed by atoms with van der Waals surface area (Å²) in [7, 11) is 0. The van der Waals surface area contributed by atoms with Gasteiger partial charge in [-0.25, -0.2) is 0 Å². The van der Waals surface area contributed by atoms with Gasteiger partial charge in [0, 0.05) is 5.56 Å². The van der Waals surface area contributed by atoms with Gasteiger partial charge in [0.2, 0.25) is 0 Å². The van der Waals surface area contributed by atoms with Crippen molar-refractivity contribution < 1.29 is 14.3 Å². The van der Waals surface area contributed by atoms with Crippen molar-refractivity contribution in [2.45, 2.75) is 26.4 Å². The number of rotatable bonds is 6. The Balaban J connectivity index is 1.80. The third kappa shape index (κ3) is 4.61. The van der Waals surface area contributed by atoms with Crippen LogP contribution in [0.3, 0.4) is 0 Å². The van der Waals surface area contributed by atoms with Crippen molar-refractivity contribution in [3.63, 3.8) is 0 Å². The maximum Gasteiger partial charge on any atom is 0.311 e. The Morgan fingerprint density at radius 3 is 2.41 bits per heavy atom. The molecule has 3 nitrogen and oxygen atoms in total. The largest absolute Gasteiger partial charge is 0.457 e. The quantitative estimate of drug-likeness (QED) is 0.391. The summed E-state index contributed by atoms with van der Waals surface area (Å²) in [5.41, 5.74) is -0.868. The number of benzene rings is 2. The zero-order valence-electron chi connectivity index (χ0n) is 16.5. The van der Waals surface area contributed by atoms with Gasteiger partial charge in [-0.05, 0) is 48.6 Å². The molecular formula is C24H22Cl2O3. The van der Waals surface area contributed by atoms with Crippen LogP contribution in [0.25, 0.3) is 0 Å². The maximum atomic E-state index is 12.9. The first-order valence-corrected chi connectivity index (χ1v) is 10.00. The van der Waals surface area contributed by atoms with Crippen LogP contribution in [-0.2, 0) is 15.1 Å². The lowest BCUT2D eigenvalue weighted by atomic mass is 9.96. The van der Waals surface area contributed by atoms with Crippen LogP contribution in [-0.4, -0.2) is 5.97 Å². The Hall–Kier alpha value is -2.41. The predicted molar refractivity (Wildman–Crippen MR) is 116 cm³/mol. The summed E-state index contributed by atoms with van der Waals surface area (Å²) in [5, 5.41) is 0. The van der Waals surface area contributed by atoms with E-state index in [0.717, 1.165) is 0 Å². The van der Waals surface area contributed by atoms with E-state index in [2.05, 4.69) is 5.92 Å². The first-order chi connectivity index (χ1) is 13.7. The van der Waals surface area contributed by atoms with Crippen molar-refractivity contribution in [1.82, 2.24) is 0 Å². The number of ether oxygens (including phenoxy) is 2. The molecule has 0 amide bonds. The molecule has 5 heteroatoms. The van der Waals surface area contributed by atoms with Crippen molar-refractivity contribution in [1.29, 1.82) is 0 Å². The van der Waals surface area contributed by atoms with Crippen LogP contribution in [0.5, 0.6) is 11.5 Å². The zero-order chi connectivity index (χ0) is 21.2. The van der Waals surface area contributed by atoms with E-state index >= 15 is 0 Å². The molecule has 0 saturated heterocycles. The lowest BCUT2D eigenvalue weighted by molar-refractivity contribution is -0.156. The van der Waals surface area contributed by atoms with Crippen molar-refractivity contribution in [2.24, 2.45) is 17.3 Å². The van der Waals surface area contributed by atoms with Crippen LogP contribution in [0, 0.1) is 29.6 Å². The number of hydrogen-bond donors (Lipinski definition) is 0. The molecule has 3 unspecified atom stereocenters. The summed E-state index contributed by atoms with van der Waals surface area (Å²) in [6, 6.07) is 16.7. The van der Waals surface area contributed by atoms with Crippen molar-refractivity contribution >= 4 is 29.2 Å². The van der Waals surface area contributed by atoms with Gasteiger partial charge in [-0.3, -0.25) is 4.79 Å². The molecule has 29 heavy (non-hydrogen) atoms. The maximum absolute atomic E-state index is 12.9. The van der Waals surface area contributed by atoms with Gasteiger partial charge >= 0.3 is 5.97 Å². The number of para-hydroxylation sites is 1. The third-order valence-electron chi connectivity index (χ3n) is 5.41. The second kappa shape index (κ2) is 8.14. The Kier molecular flexibility index (Phi) is 5.98. The minimum atomic E-state index is -1.23. The van der Waals surface area contributed by atoms with Crippen molar-refractivity contribution in [2.75, 3.05) is 0 Å². The topological polar surface area (TPSA) is 35.5 Å². The van der Waals surface area contributed by atoms with E-state index in [9.17, 15) is 4.79 Å². The first-order valence-electron chi connectivity index (χ1n) is 9.24. The van der Waals surface area contributed by atoms with Crippen molar-refractivity contribution in [3.05, 3.63) is 70.7 Å². The summed E-state index contributed by atoms with van der Waals surface area (Å²) in [5.74, 6) is 3.11. The second-order valence-electron chi connectivity index (χ2n) is 7.82. The van der Waals surface area contributed by atoms with Gasteiger partial charge in [-0.15, -0.1) is 6.42 Å². The van der Waals surface area contributed by atoms with Gasteiger partial charge in [0.15, 0.2) is 5.60 Å². The standard InChI is InChI=1S/C24H22Cl2O3/c1-5-24(4,29-22(27)21-19(15-20(25)26)23(21,2)3)16-10-9-13-18(14-16)28-17-11-7-6-8-12-17/h1,6-15,19,21H,2-4H3. The molecule has 1 aliphatic carbocycles. The van der Waals surface area contributed by atoms with Gasteiger partial charge in [0.25, 0.3) is 0 Å². The molecule has 2 aromatic carbocycles. The van der Waals surface area contributed by atoms with Crippen LogP contribution in [0.15, 0.2) is 65.2 Å². The summed E-state index contributed by atoms with van der Waals surface area (Å²) >= 11 is 11.6. The molecule has 0 bridgehead atoms. The summed E-state index contributed by atoms with van der Waals surface area (Å²) in [4.78, 5) is 12.9. The third-order valence-corrected chi connectivity index (χ3v) is 5.67. The van der Waals surface area contributed by atoms with Crippen molar-refractivity contribution in [3.8, 4) is 23.8 Å². The smallest absolute Gasteiger partial charge is 0.311 e. The zero-order valence-corrected chi connectivity index (χ0v) is 18.0. The minimum Gasteiger partial charge on any atom is -0.457 e. The van der Waals surface area contributed by atoms with E-state index in [1.54, 1.807) is 19.1 Å². The van der Waals surface area contributed by atoms with E-state index < -0.39 is 5.60 Å². The number of esters is 1. The molecule has 0 aromatic heterocycles. The molecule has 150 valence electrons. The second-order valence-corrected chi connectivity index (χ2v) is 8.83. The Morgan fingerprint density at radius 1 is 1.14 bits per heavy atom. The number of carbonyl (C=O) groups is 1. The Morgan fingerprint density at radius 2 is 1.79 bits per heavy atom. The molecule has 3 atom stereocenters. The van der Waals surface area contributed by atoms with E-state index in [4.69, 9.17) is 39.1 Å². The highest BCUT2D eigenvalue weighted by Gasteiger charge is 2.62. The number of carbonyl (C=O) groups excluding carboxylic acids is 1. The van der Waals surface area contributed by atoms with Crippen LogP contribution < -0.4 is 4.74 Å². The molecule has 0 heterocycles. The summed E-state index contributed by atoms with van der Waals surface area (Å²) in [6.07, 6.45) is 7.45. The molecule has 1 fully saturated rings. The highest BCUT2D eigenvalue weighted by molar-refractivity contribution is 6.55. The highest BCUT2D eigenvalue weighted by Crippen LogP contribution is 2.60. The van der Waals surface area contributed by atoms with Gasteiger partial charge < -0.3 is 9.47 Å². The predicted octanol–water partition coefficient (Wildman–Crippen LogP) is 6.46. The molecular weight excluding hydrogens is 407 g/mol. The van der Waals surface area contributed by atoms with E-state index in [-0.39, 0.29) is 27.7 Å². The number of allylic oxidation sites excluding steroid dienone is 1. The molecule has 0 spiro atoms. The van der Waals surface area contributed by atoms with Gasteiger partial charge in [0.1, 0.15) is 16.0 Å². The Labute approximate surface area is 181 Å². The molecule has 0 N–H and O–H groups in total. The monoisotopic (exact) mass is 428 g/mol. The average molecular weight is 429 g/mol.